The summed E-state index contributed by atoms with van der Waals surface area (Å²) >= 11 is 5.91. The van der Waals surface area contributed by atoms with Gasteiger partial charge in [0.2, 0.25) is 0 Å². The molecule has 9 heteroatoms. The molecule has 2 aromatic heterocycles. The van der Waals surface area contributed by atoms with Crippen molar-refractivity contribution >= 4 is 29.3 Å². The summed E-state index contributed by atoms with van der Waals surface area (Å²) in [4.78, 5) is 33.2. The van der Waals surface area contributed by atoms with Crippen LogP contribution in [0.5, 0.6) is 0 Å². The topological polar surface area (TPSA) is 104 Å². The van der Waals surface area contributed by atoms with Crippen molar-refractivity contribution < 1.29 is 19.1 Å². The fraction of sp³-hybridized carbons (Fsp3) is 0.308. The van der Waals surface area contributed by atoms with E-state index in [-0.39, 0.29) is 17.0 Å². The second kappa shape index (κ2) is 11.3. The number of halogens is 2. The van der Waals surface area contributed by atoms with E-state index in [1.54, 1.807) is 12.3 Å². The monoisotopic (exact) mass is 496 g/mol. The molecule has 3 heterocycles. The molecule has 0 unspecified atom stereocenters. The normalized spacial score (nSPS) is 13.4. The second-order valence-corrected chi connectivity index (χ2v) is 8.92. The van der Waals surface area contributed by atoms with E-state index in [2.05, 4.69) is 27.8 Å². The molecule has 0 radical (unpaired) electrons. The second-order valence-electron chi connectivity index (χ2n) is 8.52. The quantitative estimate of drug-likeness (QED) is 0.409. The molecule has 1 aromatic carbocycles. The zero-order valence-corrected chi connectivity index (χ0v) is 19.8. The third kappa shape index (κ3) is 6.33. The van der Waals surface area contributed by atoms with Crippen LogP contribution in [0, 0.1) is 5.82 Å². The van der Waals surface area contributed by atoms with Gasteiger partial charge in [0, 0.05) is 30.6 Å². The van der Waals surface area contributed by atoms with Crippen LogP contribution < -0.4 is 10.6 Å². The molecule has 1 aliphatic heterocycles. The van der Waals surface area contributed by atoms with E-state index in [4.69, 9.17) is 16.6 Å². The SMILES string of the molecule is O=C(N[C@@H](Cc1ccc(CCCc2ccc3c(n2)NCCC3)cn1)C(=O)O)c1c(F)cccc1Cl. The van der Waals surface area contributed by atoms with Crippen molar-refractivity contribution in [2.75, 3.05) is 11.9 Å². The van der Waals surface area contributed by atoms with Gasteiger partial charge in [-0.15, -0.1) is 0 Å². The fourth-order valence-electron chi connectivity index (χ4n) is 4.06. The van der Waals surface area contributed by atoms with Gasteiger partial charge in [0.1, 0.15) is 17.7 Å². The van der Waals surface area contributed by atoms with Crippen LogP contribution >= 0.6 is 11.6 Å². The van der Waals surface area contributed by atoms with Gasteiger partial charge in [0.15, 0.2) is 0 Å². The third-order valence-electron chi connectivity index (χ3n) is 5.94. The average Bonchev–Trinajstić information content (AvgIpc) is 2.84. The highest BCUT2D eigenvalue weighted by Gasteiger charge is 2.24. The highest BCUT2D eigenvalue weighted by atomic mass is 35.5. The van der Waals surface area contributed by atoms with Crippen LogP contribution in [0.25, 0.3) is 0 Å². The van der Waals surface area contributed by atoms with E-state index in [0.29, 0.717) is 5.69 Å². The summed E-state index contributed by atoms with van der Waals surface area (Å²) in [5.74, 6) is -1.95. The van der Waals surface area contributed by atoms with Crippen LogP contribution in [0.2, 0.25) is 5.02 Å². The molecule has 0 aliphatic carbocycles. The van der Waals surface area contributed by atoms with Crippen molar-refractivity contribution in [3.05, 3.63) is 87.6 Å². The predicted octanol–water partition coefficient (Wildman–Crippen LogP) is 4.23. The minimum absolute atomic E-state index is 0.0422. The van der Waals surface area contributed by atoms with E-state index in [1.807, 2.05) is 6.07 Å². The van der Waals surface area contributed by atoms with Crippen molar-refractivity contribution in [1.82, 2.24) is 15.3 Å². The summed E-state index contributed by atoms with van der Waals surface area (Å²) in [6, 6.07) is 10.4. The summed E-state index contributed by atoms with van der Waals surface area (Å²) in [5.41, 5.74) is 3.47. The van der Waals surface area contributed by atoms with E-state index < -0.39 is 23.7 Å². The van der Waals surface area contributed by atoms with E-state index in [0.717, 1.165) is 61.8 Å². The Bertz CT molecular complexity index is 1200. The van der Waals surface area contributed by atoms with Crippen LogP contribution in [0.1, 0.15) is 45.7 Å². The number of fused-ring (bicyclic) bond motifs is 1. The standard InChI is InChI=1S/C26H26ClFN4O3/c27-20-7-2-8-21(28)23(20)25(33)32-22(26(34)35)14-19-11-9-16(15-30-19)4-1-6-18-12-10-17-5-3-13-29-24(17)31-18/h2,7-12,15,22H,1,3-6,13-14H2,(H,29,31)(H,32,33)(H,34,35)/t22-/m0/s1. The van der Waals surface area contributed by atoms with Gasteiger partial charge in [-0.05, 0) is 67.5 Å². The predicted molar refractivity (Wildman–Crippen MR) is 131 cm³/mol. The van der Waals surface area contributed by atoms with Crippen LogP contribution in [-0.2, 0) is 30.5 Å². The minimum Gasteiger partial charge on any atom is -0.480 e. The first-order chi connectivity index (χ1) is 16.9. The third-order valence-corrected chi connectivity index (χ3v) is 6.26. The smallest absolute Gasteiger partial charge is 0.326 e. The zero-order chi connectivity index (χ0) is 24.8. The lowest BCUT2D eigenvalue weighted by Crippen LogP contribution is -2.42. The molecule has 182 valence electrons. The van der Waals surface area contributed by atoms with Gasteiger partial charge < -0.3 is 15.7 Å². The number of nitrogens with zero attached hydrogens (tertiary/aromatic N) is 2. The van der Waals surface area contributed by atoms with Crippen molar-refractivity contribution in [3.8, 4) is 0 Å². The summed E-state index contributed by atoms with van der Waals surface area (Å²) in [5, 5.41) is 15.1. The molecule has 1 atom stereocenters. The molecule has 0 fully saturated rings. The molecule has 7 nitrogen and oxygen atoms in total. The number of hydrogen-bond donors (Lipinski definition) is 3. The molecule has 1 amide bonds. The molecule has 0 bridgehead atoms. The van der Waals surface area contributed by atoms with Gasteiger partial charge >= 0.3 is 5.97 Å². The van der Waals surface area contributed by atoms with Crippen molar-refractivity contribution in [2.24, 2.45) is 0 Å². The van der Waals surface area contributed by atoms with Crippen molar-refractivity contribution in [1.29, 1.82) is 0 Å². The highest BCUT2D eigenvalue weighted by Crippen LogP contribution is 2.21. The number of aromatic nitrogens is 2. The van der Waals surface area contributed by atoms with Gasteiger partial charge in [-0.3, -0.25) is 9.78 Å². The zero-order valence-electron chi connectivity index (χ0n) is 19.1. The molecule has 3 N–H and O–H groups in total. The van der Waals surface area contributed by atoms with Crippen LogP contribution in [0.3, 0.4) is 0 Å². The molecule has 1 aliphatic rings. The Morgan fingerprint density at radius 2 is 1.97 bits per heavy atom. The number of hydrogen-bond acceptors (Lipinski definition) is 5. The maximum absolute atomic E-state index is 14.0. The fourth-order valence-corrected chi connectivity index (χ4v) is 4.31. The van der Waals surface area contributed by atoms with Gasteiger partial charge in [-0.1, -0.05) is 29.8 Å². The summed E-state index contributed by atoms with van der Waals surface area (Å²) < 4.78 is 14.0. The van der Waals surface area contributed by atoms with Crippen molar-refractivity contribution in [2.45, 2.75) is 44.6 Å². The Morgan fingerprint density at radius 3 is 2.71 bits per heavy atom. The number of nitrogens with one attached hydrogen (secondary N) is 2. The molecular formula is C26H26ClFN4O3. The van der Waals surface area contributed by atoms with Crippen LogP contribution in [0.15, 0.2) is 48.7 Å². The number of amides is 1. The maximum Gasteiger partial charge on any atom is 0.326 e. The van der Waals surface area contributed by atoms with Gasteiger partial charge in [0.25, 0.3) is 5.91 Å². The van der Waals surface area contributed by atoms with Gasteiger partial charge in [-0.2, -0.15) is 0 Å². The van der Waals surface area contributed by atoms with Crippen LogP contribution in [-0.4, -0.2) is 39.5 Å². The summed E-state index contributed by atoms with van der Waals surface area (Å²) in [6.45, 7) is 0.963. The number of carboxylic acids is 1. The highest BCUT2D eigenvalue weighted by molar-refractivity contribution is 6.33. The number of carboxylic acid groups (broad SMARTS) is 1. The Labute approximate surface area is 207 Å². The Hall–Kier alpha value is -3.52. The number of carbonyl (C=O) groups excluding carboxylic acids is 1. The number of rotatable bonds is 9. The number of carbonyl (C=O) groups is 2. The van der Waals surface area contributed by atoms with E-state index >= 15 is 0 Å². The number of pyridine rings is 2. The largest absolute Gasteiger partial charge is 0.480 e. The number of anilines is 1. The first-order valence-electron chi connectivity index (χ1n) is 11.5. The Balaban J connectivity index is 1.31. The molecular weight excluding hydrogens is 471 g/mol. The number of aryl methyl sites for hydroxylation is 3. The first kappa shape index (κ1) is 24.6. The summed E-state index contributed by atoms with van der Waals surface area (Å²) in [6.07, 6.45) is 6.44. The molecule has 0 saturated carbocycles. The van der Waals surface area contributed by atoms with Gasteiger partial charge in [-0.25, -0.2) is 14.2 Å². The van der Waals surface area contributed by atoms with Crippen molar-refractivity contribution in [3.63, 3.8) is 0 Å². The molecule has 0 saturated heterocycles. The first-order valence-corrected chi connectivity index (χ1v) is 11.9. The number of aliphatic carboxylic acids is 1. The minimum atomic E-state index is -1.28. The Morgan fingerprint density at radius 1 is 1.14 bits per heavy atom. The Kier molecular flexibility index (Phi) is 7.92. The van der Waals surface area contributed by atoms with Crippen LogP contribution in [0.4, 0.5) is 10.2 Å². The molecule has 0 spiro atoms. The maximum atomic E-state index is 14.0. The lowest BCUT2D eigenvalue weighted by atomic mass is 10.0. The lowest BCUT2D eigenvalue weighted by Gasteiger charge is -2.17. The van der Waals surface area contributed by atoms with E-state index in [1.165, 1.54) is 17.7 Å². The summed E-state index contributed by atoms with van der Waals surface area (Å²) in [7, 11) is 0. The lowest BCUT2D eigenvalue weighted by molar-refractivity contribution is -0.139. The molecule has 3 aromatic rings. The average molecular weight is 497 g/mol. The number of benzene rings is 1. The molecule has 35 heavy (non-hydrogen) atoms. The molecule has 4 rings (SSSR count). The van der Waals surface area contributed by atoms with Gasteiger partial charge in [0.05, 0.1) is 10.6 Å². The van der Waals surface area contributed by atoms with E-state index in [9.17, 15) is 19.1 Å².